The summed E-state index contributed by atoms with van der Waals surface area (Å²) in [6, 6.07) is 42.4. The Labute approximate surface area is 292 Å². The van der Waals surface area contributed by atoms with Crippen LogP contribution in [0.4, 0.5) is 5.69 Å². The summed E-state index contributed by atoms with van der Waals surface area (Å²) in [6.45, 7) is 0.423. The zero-order chi connectivity index (χ0) is 32.9. The summed E-state index contributed by atoms with van der Waals surface area (Å²) < 4.78 is 7.86. The van der Waals surface area contributed by atoms with Crippen LogP contribution in [0, 0.1) is 0 Å². The molecule has 48 heavy (non-hydrogen) atoms. The Morgan fingerprint density at radius 3 is 2.02 bits per heavy atom. The first-order chi connectivity index (χ1) is 23.5. The molecule has 0 saturated heterocycles. The number of carbonyl (C=O) groups excluding carboxylic acids is 1. The third-order valence-corrected chi connectivity index (χ3v) is 9.18. The molecular formula is C39H28Cl2N4O2S. The number of rotatable bonds is 10. The van der Waals surface area contributed by atoms with Crippen molar-refractivity contribution in [3.8, 4) is 22.7 Å². The molecule has 6 aromatic rings. The average molecular weight is 688 g/mol. The molecule has 0 fully saturated rings. The van der Waals surface area contributed by atoms with E-state index < -0.39 is 0 Å². The topological polar surface area (TPSA) is 59.7 Å². The smallest absolute Gasteiger partial charge is 0.280 e. The maximum atomic E-state index is 14.0. The van der Waals surface area contributed by atoms with Crippen LogP contribution in [0.25, 0.3) is 23.0 Å². The molecule has 1 aromatic heterocycles. The number of amides is 1. The minimum Gasteiger partial charge on any atom is -0.489 e. The van der Waals surface area contributed by atoms with E-state index in [0.717, 1.165) is 38.7 Å². The Balaban J connectivity index is 1.23. The van der Waals surface area contributed by atoms with Gasteiger partial charge in [-0.05, 0) is 96.6 Å². The second kappa shape index (κ2) is 14.4. The fraction of sp³-hybridized carbons (Fsp3) is 0.0513. The van der Waals surface area contributed by atoms with Crippen LogP contribution < -0.4 is 9.75 Å². The van der Waals surface area contributed by atoms with Crippen molar-refractivity contribution in [3.05, 3.63) is 166 Å². The number of aromatic nitrogens is 2. The Bertz CT molecular complexity index is 2100. The summed E-state index contributed by atoms with van der Waals surface area (Å²) >= 11 is 13.7. The first-order valence-corrected chi connectivity index (χ1v) is 16.9. The van der Waals surface area contributed by atoms with Crippen molar-refractivity contribution in [1.29, 1.82) is 0 Å². The molecule has 9 heteroatoms. The molecule has 2 heterocycles. The molecule has 1 amide bonds. The van der Waals surface area contributed by atoms with Crippen LogP contribution in [0.3, 0.4) is 0 Å². The van der Waals surface area contributed by atoms with Crippen molar-refractivity contribution in [2.24, 2.45) is 5.10 Å². The van der Waals surface area contributed by atoms with E-state index >= 15 is 0 Å². The van der Waals surface area contributed by atoms with E-state index in [2.05, 4.69) is 0 Å². The summed E-state index contributed by atoms with van der Waals surface area (Å²) in [4.78, 5) is 15.0. The van der Waals surface area contributed by atoms with E-state index in [-0.39, 0.29) is 5.91 Å². The third kappa shape index (κ3) is 7.24. The second-order valence-electron chi connectivity index (χ2n) is 11.0. The number of carbonyl (C=O) groups is 1. The van der Waals surface area contributed by atoms with Crippen molar-refractivity contribution in [1.82, 2.24) is 9.78 Å². The molecule has 236 valence electrons. The van der Waals surface area contributed by atoms with Crippen LogP contribution >= 0.6 is 35.0 Å². The van der Waals surface area contributed by atoms with E-state index in [0.29, 0.717) is 39.4 Å². The Kier molecular flexibility index (Phi) is 9.43. The van der Waals surface area contributed by atoms with Crippen molar-refractivity contribution >= 4 is 58.3 Å². The molecule has 0 atom stereocenters. The summed E-state index contributed by atoms with van der Waals surface area (Å²) in [6.07, 6.45) is 3.85. The highest BCUT2D eigenvalue weighted by atomic mass is 35.5. The van der Waals surface area contributed by atoms with Gasteiger partial charge in [-0.1, -0.05) is 71.7 Å². The average Bonchev–Trinajstić information content (AvgIpc) is 3.69. The van der Waals surface area contributed by atoms with Crippen molar-refractivity contribution in [3.63, 3.8) is 0 Å². The molecule has 0 N–H and O–H groups in total. The highest BCUT2D eigenvalue weighted by molar-refractivity contribution is 8.00. The number of thioether (sulfide) groups is 1. The molecule has 0 bridgehead atoms. The molecule has 0 unspecified atom stereocenters. The zero-order valence-electron chi connectivity index (χ0n) is 25.5. The van der Waals surface area contributed by atoms with Gasteiger partial charge in [0.1, 0.15) is 12.4 Å². The largest absolute Gasteiger partial charge is 0.489 e. The molecular weight excluding hydrogens is 659 g/mol. The minimum absolute atomic E-state index is 0.197. The van der Waals surface area contributed by atoms with Crippen LogP contribution in [0.1, 0.15) is 11.1 Å². The van der Waals surface area contributed by atoms with Gasteiger partial charge in [-0.15, -0.1) is 11.8 Å². The normalized spacial score (nSPS) is 13.6. The van der Waals surface area contributed by atoms with Crippen LogP contribution in [0.15, 0.2) is 155 Å². The van der Waals surface area contributed by atoms with E-state index in [4.69, 9.17) is 38.1 Å². The summed E-state index contributed by atoms with van der Waals surface area (Å²) in [5, 5.41) is 12.6. The standard InChI is InChI=1S/C39H28Cl2N4O2S/c40-30-15-11-27(12-16-30)25-47-34-19-13-28(14-20-34)38-29(24-44(43-38)32-7-3-1-4-8-32)23-36-37(26-48-35-21-17-31(41)18-22-35)42-45(39(36)46)33-9-5-2-6-10-33/h1-24H,25-26H2/b36-23+. The van der Waals surface area contributed by atoms with Gasteiger partial charge >= 0.3 is 0 Å². The lowest BCUT2D eigenvalue weighted by Crippen LogP contribution is -2.21. The molecule has 0 radical (unpaired) electrons. The van der Waals surface area contributed by atoms with Gasteiger partial charge in [-0.2, -0.15) is 15.2 Å². The summed E-state index contributed by atoms with van der Waals surface area (Å²) in [5.74, 6) is 1.02. The fourth-order valence-corrected chi connectivity index (χ4v) is 6.28. The van der Waals surface area contributed by atoms with Gasteiger partial charge < -0.3 is 4.74 Å². The number of ether oxygens (including phenoxy) is 1. The van der Waals surface area contributed by atoms with Gasteiger partial charge in [0.25, 0.3) is 5.91 Å². The van der Waals surface area contributed by atoms with Crippen LogP contribution in [-0.4, -0.2) is 27.2 Å². The molecule has 0 aliphatic carbocycles. The molecule has 6 nitrogen and oxygen atoms in total. The first-order valence-electron chi connectivity index (χ1n) is 15.2. The lowest BCUT2D eigenvalue weighted by atomic mass is 10.0. The maximum Gasteiger partial charge on any atom is 0.280 e. The lowest BCUT2D eigenvalue weighted by molar-refractivity contribution is -0.114. The Morgan fingerprint density at radius 1 is 0.729 bits per heavy atom. The van der Waals surface area contributed by atoms with E-state index in [1.807, 2.05) is 150 Å². The Morgan fingerprint density at radius 2 is 1.35 bits per heavy atom. The number of halogens is 2. The highest BCUT2D eigenvalue weighted by Crippen LogP contribution is 2.32. The number of para-hydroxylation sites is 2. The minimum atomic E-state index is -0.197. The Hall–Kier alpha value is -5.08. The number of nitrogens with zero attached hydrogens (tertiary/aromatic N) is 4. The summed E-state index contributed by atoms with van der Waals surface area (Å²) in [7, 11) is 0. The van der Waals surface area contributed by atoms with Crippen LogP contribution in [0.2, 0.25) is 10.0 Å². The first kappa shape index (κ1) is 31.5. The maximum absolute atomic E-state index is 14.0. The van der Waals surface area contributed by atoms with E-state index in [9.17, 15) is 4.79 Å². The van der Waals surface area contributed by atoms with E-state index in [1.165, 1.54) is 5.01 Å². The quantitative estimate of drug-likeness (QED) is 0.106. The SMILES string of the molecule is O=C1/C(=C/c2cn(-c3ccccc3)nc2-c2ccc(OCc3ccc(Cl)cc3)cc2)C(CSc2ccc(Cl)cc2)=NN1c1ccccc1. The molecule has 1 aliphatic rings. The fourth-order valence-electron chi connectivity index (χ4n) is 5.18. The van der Waals surface area contributed by atoms with Gasteiger partial charge in [0.15, 0.2) is 0 Å². The predicted molar refractivity (Wildman–Crippen MR) is 196 cm³/mol. The lowest BCUT2D eigenvalue weighted by Gasteiger charge is -2.11. The molecule has 1 aliphatic heterocycles. The highest BCUT2D eigenvalue weighted by Gasteiger charge is 2.31. The van der Waals surface area contributed by atoms with Crippen molar-refractivity contribution < 1.29 is 9.53 Å². The summed E-state index contributed by atoms with van der Waals surface area (Å²) in [5.41, 5.74) is 6.22. The third-order valence-electron chi connectivity index (χ3n) is 7.65. The number of hydrazone groups is 1. The molecule has 0 spiro atoms. The molecule has 0 saturated carbocycles. The van der Waals surface area contributed by atoms with Crippen molar-refractivity contribution in [2.45, 2.75) is 11.5 Å². The predicted octanol–water partition coefficient (Wildman–Crippen LogP) is 10.0. The monoisotopic (exact) mass is 686 g/mol. The van der Waals surface area contributed by atoms with Crippen LogP contribution in [0.5, 0.6) is 5.75 Å². The van der Waals surface area contributed by atoms with E-state index in [1.54, 1.807) is 11.8 Å². The molecule has 5 aromatic carbocycles. The van der Waals surface area contributed by atoms with Gasteiger partial charge in [0.05, 0.1) is 28.4 Å². The van der Waals surface area contributed by atoms with Crippen molar-refractivity contribution in [2.75, 3.05) is 10.8 Å². The number of benzene rings is 5. The molecule has 7 rings (SSSR count). The van der Waals surface area contributed by atoms with Crippen LogP contribution in [-0.2, 0) is 11.4 Å². The number of hydrogen-bond acceptors (Lipinski definition) is 5. The van der Waals surface area contributed by atoms with Gasteiger partial charge in [0.2, 0.25) is 0 Å². The van der Waals surface area contributed by atoms with Gasteiger partial charge in [-0.25, -0.2) is 4.68 Å². The van der Waals surface area contributed by atoms with Gasteiger partial charge in [-0.3, -0.25) is 4.79 Å². The zero-order valence-corrected chi connectivity index (χ0v) is 27.9. The number of hydrogen-bond donors (Lipinski definition) is 0. The second-order valence-corrected chi connectivity index (χ2v) is 12.9. The van der Waals surface area contributed by atoms with Gasteiger partial charge in [0, 0.05) is 38.0 Å². The number of anilines is 1.